The fraction of sp³-hybridized carbons (Fsp3) is 0.778. The van der Waals surface area contributed by atoms with Crippen LogP contribution < -0.4 is 5.32 Å². The average molecular weight is 309 g/mol. The fourth-order valence-electron chi connectivity index (χ4n) is 3.64. The van der Waals surface area contributed by atoms with Gasteiger partial charge >= 0.3 is 0 Å². The maximum atomic E-state index is 3.80. The predicted molar refractivity (Wildman–Crippen MR) is 93.9 cm³/mol. The highest BCUT2D eigenvalue weighted by molar-refractivity contribution is 7.10. The summed E-state index contributed by atoms with van der Waals surface area (Å²) in [4.78, 5) is 4.33. The third kappa shape index (κ3) is 4.30. The monoisotopic (exact) mass is 308 g/mol. The molecule has 1 aromatic rings. The Balaban J connectivity index is 2.16. The molecule has 3 heteroatoms. The molecule has 1 N–H and O–H groups in total. The quantitative estimate of drug-likeness (QED) is 0.830. The first-order chi connectivity index (χ1) is 10.0. The Morgan fingerprint density at radius 3 is 2.62 bits per heavy atom. The van der Waals surface area contributed by atoms with Crippen molar-refractivity contribution in [3.63, 3.8) is 0 Å². The molecule has 21 heavy (non-hydrogen) atoms. The second-order valence-corrected chi connectivity index (χ2v) is 8.16. The summed E-state index contributed by atoms with van der Waals surface area (Å²) in [6.45, 7) is 14.1. The van der Waals surface area contributed by atoms with Gasteiger partial charge in [0, 0.05) is 36.1 Å². The van der Waals surface area contributed by atoms with E-state index in [1.807, 2.05) is 11.3 Å². The van der Waals surface area contributed by atoms with Gasteiger partial charge in [-0.25, -0.2) is 0 Å². The number of rotatable bonds is 6. The van der Waals surface area contributed by atoms with E-state index < -0.39 is 0 Å². The van der Waals surface area contributed by atoms with Gasteiger partial charge in [0.2, 0.25) is 0 Å². The molecule has 2 nitrogen and oxygen atoms in total. The van der Waals surface area contributed by atoms with E-state index in [0.29, 0.717) is 24.0 Å². The Morgan fingerprint density at radius 1 is 1.33 bits per heavy atom. The highest BCUT2D eigenvalue weighted by Gasteiger charge is 2.34. The first-order valence-electron chi connectivity index (χ1n) is 8.55. The largest absolute Gasteiger partial charge is 0.311 e. The van der Waals surface area contributed by atoms with Gasteiger partial charge in [-0.2, -0.15) is 0 Å². The standard InChI is InChI=1S/C18H32N2S/c1-6-16(18-8-7-9-21-18)20-12-15(10-13(2)3)19-11-17(20)14(4)5/h7-9,13-17,19H,6,10-12H2,1-5H3. The van der Waals surface area contributed by atoms with Crippen LogP contribution in [-0.2, 0) is 0 Å². The van der Waals surface area contributed by atoms with Crippen molar-refractivity contribution in [2.75, 3.05) is 13.1 Å². The van der Waals surface area contributed by atoms with Crippen molar-refractivity contribution >= 4 is 11.3 Å². The minimum atomic E-state index is 0.592. The van der Waals surface area contributed by atoms with Crippen LogP contribution >= 0.6 is 11.3 Å². The minimum Gasteiger partial charge on any atom is -0.311 e. The van der Waals surface area contributed by atoms with Crippen LogP contribution in [-0.4, -0.2) is 30.1 Å². The second-order valence-electron chi connectivity index (χ2n) is 7.18. The Labute approximate surface area is 134 Å². The van der Waals surface area contributed by atoms with E-state index in [-0.39, 0.29) is 0 Å². The molecular formula is C18H32N2S. The molecule has 0 amide bonds. The van der Waals surface area contributed by atoms with E-state index in [4.69, 9.17) is 0 Å². The third-order valence-corrected chi connectivity index (χ3v) is 5.63. The molecule has 1 fully saturated rings. The van der Waals surface area contributed by atoms with E-state index in [1.54, 1.807) is 0 Å². The van der Waals surface area contributed by atoms with E-state index in [0.717, 1.165) is 12.5 Å². The topological polar surface area (TPSA) is 15.3 Å². The van der Waals surface area contributed by atoms with Crippen LogP contribution in [0.2, 0.25) is 0 Å². The normalized spacial score (nSPS) is 25.7. The van der Waals surface area contributed by atoms with Gasteiger partial charge in [-0.05, 0) is 36.1 Å². The van der Waals surface area contributed by atoms with Crippen molar-refractivity contribution in [1.29, 1.82) is 0 Å². The summed E-state index contributed by atoms with van der Waals surface area (Å²) in [7, 11) is 0. The van der Waals surface area contributed by atoms with Gasteiger partial charge in [0.25, 0.3) is 0 Å². The lowest BCUT2D eigenvalue weighted by Crippen LogP contribution is -2.59. The van der Waals surface area contributed by atoms with Gasteiger partial charge < -0.3 is 5.32 Å². The molecule has 0 bridgehead atoms. The molecule has 0 saturated carbocycles. The zero-order valence-electron chi connectivity index (χ0n) is 14.3. The van der Waals surface area contributed by atoms with Crippen molar-refractivity contribution in [3.8, 4) is 0 Å². The summed E-state index contributed by atoms with van der Waals surface area (Å²) in [6.07, 6.45) is 2.49. The highest BCUT2D eigenvalue weighted by atomic mass is 32.1. The molecule has 1 saturated heterocycles. The molecule has 0 spiro atoms. The number of thiophene rings is 1. The van der Waals surface area contributed by atoms with Crippen molar-refractivity contribution in [3.05, 3.63) is 22.4 Å². The molecule has 0 aromatic carbocycles. The average Bonchev–Trinajstić information content (AvgIpc) is 2.92. The first-order valence-corrected chi connectivity index (χ1v) is 9.43. The molecule has 3 unspecified atom stereocenters. The molecule has 0 aliphatic carbocycles. The molecule has 2 heterocycles. The Hall–Kier alpha value is -0.380. The van der Waals surface area contributed by atoms with Crippen LogP contribution in [0, 0.1) is 11.8 Å². The van der Waals surface area contributed by atoms with Crippen LogP contribution in [0.25, 0.3) is 0 Å². The summed E-state index contributed by atoms with van der Waals surface area (Å²) in [5.41, 5.74) is 0. The maximum Gasteiger partial charge on any atom is 0.0443 e. The summed E-state index contributed by atoms with van der Waals surface area (Å²) >= 11 is 1.92. The van der Waals surface area contributed by atoms with E-state index in [1.165, 1.54) is 24.3 Å². The molecule has 0 radical (unpaired) electrons. The Morgan fingerprint density at radius 2 is 2.10 bits per heavy atom. The summed E-state index contributed by atoms with van der Waals surface area (Å²) in [6, 6.07) is 6.40. The van der Waals surface area contributed by atoms with Gasteiger partial charge in [0.15, 0.2) is 0 Å². The molecule has 1 aliphatic rings. The number of hydrogen-bond donors (Lipinski definition) is 1. The van der Waals surface area contributed by atoms with Crippen LogP contribution in [0.15, 0.2) is 17.5 Å². The molecule has 1 aliphatic heterocycles. The first kappa shape index (κ1) is 17.0. The summed E-state index contributed by atoms with van der Waals surface area (Å²) in [5.74, 6) is 1.47. The van der Waals surface area contributed by atoms with Crippen molar-refractivity contribution in [2.45, 2.75) is 65.6 Å². The van der Waals surface area contributed by atoms with Crippen LogP contribution in [0.5, 0.6) is 0 Å². The maximum absolute atomic E-state index is 3.80. The minimum absolute atomic E-state index is 0.592. The number of piperazine rings is 1. The van der Waals surface area contributed by atoms with Crippen molar-refractivity contribution in [1.82, 2.24) is 10.2 Å². The van der Waals surface area contributed by atoms with Crippen LogP contribution in [0.3, 0.4) is 0 Å². The van der Waals surface area contributed by atoms with Crippen LogP contribution in [0.1, 0.15) is 58.4 Å². The predicted octanol–water partition coefficient (Wildman–Crippen LogP) is 4.54. The zero-order valence-corrected chi connectivity index (χ0v) is 15.1. The van der Waals surface area contributed by atoms with E-state index in [9.17, 15) is 0 Å². The Kier molecular flexibility index (Phi) is 6.27. The highest BCUT2D eigenvalue weighted by Crippen LogP contribution is 2.33. The lowest BCUT2D eigenvalue weighted by molar-refractivity contribution is 0.0498. The molecule has 120 valence electrons. The zero-order chi connectivity index (χ0) is 15.4. The van der Waals surface area contributed by atoms with Crippen molar-refractivity contribution < 1.29 is 0 Å². The molecule has 1 aromatic heterocycles. The molecule has 2 rings (SSSR count). The molecule has 3 atom stereocenters. The third-order valence-electron chi connectivity index (χ3n) is 4.66. The lowest BCUT2D eigenvalue weighted by Gasteiger charge is -2.46. The van der Waals surface area contributed by atoms with E-state index >= 15 is 0 Å². The SMILES string of the molecule is CCC(c1cccs1)N1CC(CC(C)C)NCC1C(C)C. The van der Waals surface area contributed by atoms with Gasteiger partial charge in [-0.3, -0.25) is 4.90 Å². The Bertz CT molecular complexity index is 399. The summed E-state index contributed by atoms with van der Waals surface area (Å²) < 4.78 is 0. The van der Waals surface area contributed by atoms with Crippen molar-refractivity contribution in [2.24, 2.45) is 11.8 Å². The number of hydrogen-bond acceptors (Lipinski definition) is 3. The van der Waals surface area contributed by atoms with E-state index in [2.05, 4.69) is 62.3 Å². The lowest BCUT2D eigenvalue weighted by atomic mass is 9.92. The van der Waals surface area contributed by atoms with Gasteiger partial charge in [-0.1, -0.05) is 40.7 Å². The van der Waals surface area contributed by atoms with Gasteiger partial charge in [-0.15, -0.1) is 11.3 Å². The molecular weight excluding hydrogens is 276 g/mol. The second kappa shape index (κ2) is 7.75. The number of nitrogens with one attached hydrogen (secondary N) is 1. The summed E-state index contributed by atoms with van der Waals surface area (Å²) in [5, 5.41) is 6.02. The smallest absolute Gasteiger partial charge is 0.0443 e. The van der Waals surface area contributed by atoms with Gasteiger partial charge in [0.05, 0.1) is 0 Å². The number of nitrogens with zero attached hydrogens (tertiary/aromatic N) is 1. The van der Waals surface area contributed by atoms with Crippen LogP contribution in [0.4, 0.5) is 0 Å². The fourth-order valence-corrected chi connectivity index (χ4v) is 4.57. The van der Waals surface area contributed by atoms with Gasteiger partial charge in [0.1, 0.15) is 0 Å².